The Labute approximate surface area is 171 Å². The number of carbonyl (C=O) groups excluding carboxylic acids is 2. The minimum absolute atomic E-state index is 0.0668. The summed E-state index contributed by atoms with van der Waals surface area (Å²) in [5.41, 5.74) is -1.89. The van der Waals surface area contributed by atoms with E-state index >= 15 is 0 Å². The van der Waals surface area contributed by atoms with Gasteiger partial charge in [0.05, 0.1) is 33.5 Å². The number of aromatic nitrogens is 1. The molecule has 0 spiro atoms. The molecule has 1 aromatic carbocycles. The van der Waals surface area contributed by atoms with Crippen molar-refractivity contribution in [2.24, 2.45) is 0 Å². The van der Waals surface area contributed by atoms with Crippen LogP contribution in [-0.4, -0.2) is 35.1 Å². The molecule has 6 nitrogen and oxygen atoms in total. The van der Waals surface area contributed by atoms with Crippen LogP contribution in [0, 0.1) is 0 Å². The summed E-state index contributed by atoms with van der Waals surface area (Å²) in [5, 5.41) is 12.9. The lowest BCUT2D eigenvalue weighted by Crippen LogP contribution is -2.28. The highest BCUT2D eigenvalue weighted by molar-refractivity contribution is 6.38. The maximum Gasteiger partial charge on any atom is 0.417 e. The molecule has 1 aromatic heterocycles. The number of alkyl halides is 3. The van der Waals surface area contributed by atoms with Gasteiger partial charge in [-0.3, -0.25) is 9.59 Å². The van der Waals surface area contributed by atoms with Crippen molar-refractivity contribution in [2.75, 3.05) is 18.5 Å². The zero-order valence-corrected chi connectivity index (χ0v) is 16.0. The van der Waals surface area contributed by atoms with Gasteiger partial charge < -0.3 is 15.7 Å². The maximum atomic E-state index is 12.7. The monoisotopic (exact) mass is 455 g/mol. The van der Waals surface area contributed by atoms with E-state index in [-0.39, 0.29) is 34.4 Å². The van der Waals surface area contributed by atoms with Crippen LogP contribution in [-0.2, 0) is 6.18 Å². The molecule has 0 fully saturated rings. The number of aliphatic hydroxyl groups is 1. The van der Waals surface area contributed by atoms with E-state index < -0.39 is 34.3 Å². The number of pyridine rings is 1. The lowest BCUT2D eigenvalue weighted by Gasteiger charge is -2.14. The number of carbonyl (C=O) groups is 2. The number of hydrogen-bond acceptors (Lipinski definition) is 4. The van der Waals surface area contributed by atoms with Gasteiger partial charge >= 0.3 is 6.18 Å². The molecular weight excluding hydrogens is 446 g/mol. The van der Waals surface area contributed by atoms with Crippen LogP contribution in [0.3, 0.4) is 0 Å². The highest BCUT2D eigenvalue weighted by atomic mass is 35.5. The third-order valence-corrected chi connectivity index (χ3v) is 4.12. The summed E-state index contributed by atoms with van der Waals surface area (Å²) in [7, 11) is 0. The van der Waals surface area contributed by atoms with Crippen molar-refractivity contribution >= 4 is 52.3 Å². The molecule has 2 rings (SSSR count). The average molecular weight is 457 g/mol. The zero-order chi connectivity index (χ0) is 21.1. The minimum atomic E-state index is -4.68. The number of benzene rings is 1. The van der Waals surface area contributed by atoms with Gasteiger partial charge in [-0.15, -0.1) is 0 Å². The third kappa shape index (κ3) is 5.26. The van der Waals surface area contributed by atoms with Crippen molar-refractivity contribution in [2.45, 2.75) is 6.18 Å². The van der Waals surface area contributed by atoms with Gasteiger partial charge in [-0.2, -0.15) is 13.2 Å². The van der Waals surface area contributed by atoms with E-state index in [0.29, 0.717) is 12.3 Å². The molecule has 0 aliphatic rings. The first-order valence-electron chi connectivity index (χ1n) is 7.46. The SMILES string of the molecule is O=C(NCCO)c1cc(Cl)cc(Cl)c1NC(=O)c1ncc(C(F)(F)F)cc1Cl. The fourth-order valence-corrected chi connectivity index (χ4v) is 2.87. The predicted octanol–water partition coefficient (Wildman–Crippen LogP) is 4.04. The second-order valence-electron chi connectivity index (χ2n) is 5.30. The van der Waals surface area contributed by atoms with Gasteiger partial charge in [0, 0.05) is 17.8 Å². The molecule has 28 heavy (non-hydrogen) atoms. The molecule has 0 saturated carbocycles. The van der Waals surface area contributed by atoms with Crippen molar-refractivity contribution in [1.29, 1.82) is 0 Å². The Morgan fingerprint density at radius 2 is 1.75 bits per heavy atom. The number of nitrogens with one attached hydrogen (secondary N) is 2. The quantitative estimate of drug-likeness (QED) is 0.633. The maximum absolute atomic E-state index is 12.7. The molecule has 0 unspecified atom stereocenters. The molecule has 3 N–H and O–H groups in total. The lowest BCUT2D eigenvalue weighted by atomic mass is 10.1. The fraction of sp³-hybridized carbons (Fsp3) is 0.188. The molecule has 0 bridgehead atoms. The second kappa shape index (κ2) is 8.95. The Morgan fingerprint density at radius 3 is 2.32 bits per heavy atom. The summed E-state index contributed by atoms with van der Waals surface area (Å²) >= 11 is 17.7. The zero-order valence-electron chi connectivity index (χ0n) is 13.7. The van der Waals surface area contributed by atoms with Crippen molar-refractivity contribution in [3.05, 3.63) is 56.3 Å². The summed E-state index contributed by atoms with van der Waals surface area (Å²) in [5.74, 6) is -1.68. The summed E-state index contributed by atoms with van der Waals surface area (Å²) in [4.78, 5) is 28.1. The van der Waals surface area contributed by atoms with Crippen molar-refractivity contribution in [3.8, 4) is 0 Å². The smallest absolute Gasteiger partial charge is 0.395 e. The molecule has 0 aliphatic heterocycles. The van der Waals surface area contributed by atoms with Gasteiger partial charge in [0.2, 0.25) is 0 Å². The van der Waals surface area contributed by atoms with Crippen LogP contribution in [0.1, 0.15) is 26.4 Å². The van der Waals surface area contributed by atoms with E-state index in [1.54, 1.807) is 0 Å². The molecule has 0 saturated heterocycles. The molecule has 150 valence electrons. The number of hydrogen-bond donors (Lipinski definition) is 3. The number of amides is 2. The molecule has 0 atom stereocenters. The van der Waals surface area contributed by atoms with Crippen LogP contribution in [0.2, 0.25) is 15.1 Å². The third-order valence-electron chi connectivity index (χ3n) is 3.32. The van der Waals surface area contributed by atoms with Crippen LogP contribution < -0.4 is 10.6 Å². The highest BCUT2D eigenvalue weighted by Crippen LogP contribution is 2.33. The topological polar surface area (TPSA) is 91.3 Å². The number of halogens is 6. The fourth-order valence-electron chi connectivity index (χ4n) is 2.08. The molecule has 0 radical (unpaired) electrons. The van der Waals surface area contributed by atoms with E-state index in [9.17, 15) is 22.8 Å². The van der Waals surface area contributed by atoms with E-state index in [1.165, 1.54) is 12.1 Å². The highest BCUT2D eigenvalue weighted by Gasteiger charge is 2.32. The van der Waals surface area contributed by atoms with Gasteiger partial charge in [0.1, 0.15) is 5.69 Å². The second-order valence-corrected chi connectivity index (χ2v) is 6.55. The van der Waals surface area contributed by atoms with Crippen LogP contribution >= 0.6 is 34.8 Å². The van der Waals surface area contributed by atoms with Crippen LogP contribution in [0.4, 0.5) is 18.9 Å². The summed E-state index contributed by atoms with van der Waals surface area (Å²) in [6.45, 7) is -0.393. The summed E-state index contributed by atoms with van der Waals surface area (Å²) < 4.78 is 38.1. The Morgan fingerprint density at radius 1 is 1.07 bits per heavy atom. The lowest BCUT2D eigenvalue weighted by molar-refractivity contribution is -0.137. The van der Waals surface area contributed by atoms with Crippen LogP contribution in [0.25, 0.3) is 0 Å². The Balaban J connectivity index is 2.37. The first-order chi connectivity index (χ1) is 13.0. The van der Waals surface area contributed by atoms with E-state index in [2.05, 4.69) is 15.6 Å². The number of nitrogens with zero attached hydrogens (tertiary/aromatic N) is 1. The Bertz CT molecular complexity index is 923. The van der Waals surface area contributed by atoms with E-state index in [4.69, 9.17) is 39.9 Å². The molecule has 1 heterocycles. The first-order valence-corrected chi connectivity index (χ1v) is 8.60. The molecular formula is C16H11Cl3F3N3O3. The largest absolute Gasteiger partial charge is 0.417 e. The summed E-state index contributed by atoms with van der Waals surface area (Å²) in [6.07, 6.45) is -4.22. The predicted molar refractivity (Wildman–Crippen MR) is 98.1 cm³/mol. The van der Waals surface area contributed by atoms with Gasteiger partial charge in [-0.05, 0) is 18.2 Å². The number of anilines is 1. The van der Waals surface area contributed by atoms with Gasteiger partial charge in [-0.25, -0.2) is 4.98 Å². The number of rotatable bonds is 5. The van der Waals surface area contributed by atoms with Crippen molar-refractivity contribution in [3.63, 3.8) is 0 Å². The Hall–Kier alpha value is -2.07. The van der Waals surface area contributed by atoms with Gasteiger partial charge in [0.15, 0.2) is 0 Å². The number of aliphatic hydroxyl groups excluding tert-OH is 1. The van der Waals surface area contributed by atoms with Crippen molar-refractivity contribution < 1.29 is 27.9 Å². The van der Waals surface area contributed by atoms with Gasteiger partial charge in [-0.1, -0.05) is 34.8 Å². The minimum Gasteiger partial charge on any atom is -0.395 e. The first kappa shape index (κ1) is 22.2. The molecule has 2 aromatic rings. The average Bonchev–Trinajstić information content (AvgIpc) is 2.60. The standard InChI is InChI=1S/C16H11Cl3F3N3O3/c17-8-4-9(14(27)23-1-2-26)12(11(19)5-8)25-15(28)13-10(18)3-7(6-24-13)16(20,21)22/h3-6,26H,1-2H2,(H,23,27)(H,25,28). The van der Waals surface area contributed by atoms with E-state index in [0.717, 1.165) is 0 Å². The van der Waals surface area contributed by atoms with Crippen LogP contribution in [0.5, 0.6) is 0 Å². The Kier molecular flexibility index (Phi) is 7.11. The van der Waals surface area contributed by atoms with Crippen molar-refractivity contribution in [1.82, 2.24) is 10.3 Å². The molecule has 2 amide bonds. The van der Waals surface area contributed by atoms with E-state index in [1.807, 2.05) is 0 Å². The molecule has 12 heteroatoms. The normalized spacial score (nSPS) is 11.2. The molecule has 0 aliphatic carbocycles. The van der Waals surface area contributed by atoms with Gasteiger partial charge in [0.25, 0.3) is 11.8 Å². The summed E-state index contributed by atoms with van der Waals surface area (Å²) in [6, 6.07) is 3.03. The van der Waals surface area contributed by atoms with Crippen LogP contribution in [0.15, 0.2) is 24.4 Å².